The molecule has 0 atom stereocenters. The fraction of sp³-hybridized carbons (Fsp3) is 0.950. The second-order valence-corrected chi connectivity index (χ2v) is 16.5. The number of hydrogen-bond donors (Lipinski definition) is 0. The SMILES string of the molecule is CCOC(CCCCCCCCCCCCN=C(C)CC(C)C)(OCC)OCC.CCO[Si](CCCN=C(C)CC(C)C)(OCC)OCC. The van der Waals surface area contributed by atoms with Crippen LogP contribution in [0.4, 0.5) is 0 Å². The third kappa shape index (κ3) is 30.6. The lowest BCUT2D eigenvalue weighted by Gasteiger charge is -2.32. The second-order valence-electron chi connectivity index (χ2n) is 13.8. The van der Waals surface area contributed by atoms with Crippen LogP contribution in [0.15, 0.2) is 9.98 Å². The van der Waals surface area contributed by atoms with Crippen molar-refractivity contribution < 1.29 is 27.5 Å². The maximum Gasteiger partial charge on any atom is 0.500 e. The summed E-state index contributed by atoms with van der Waals surface area (Å²) in [5.41, 5.74) is 2.55. The van der Waals surface area contributed by atoms with Gasteiger partial charge in [0.15, 0.2) is 0 Å². The van der Waals surface area contributed by atoms with Gasteiger partial charge in [-0.2, -0.15) is 0 Å². The highest BCUT2D eigenvalue weighted by Gasteiger charge is 2.39. The van der Waals surface area contributed by atoms with Gasteiger partial charge >= 0.3 is 8.80 Å². The molecule has 8 nitrogen and oxygen atoms in total. The maximum atomic E-state index is 5.83. The fourth-order valence-corrected chi connectivity index (χ4v) is 8.61. The van der Waals surface area contributed by atoms with E-state index in [1.807, 2.05) is 41.5 Å². The molecule has 0 rings (SSSR count). The van der Waals surface area contributed by atoms with E-state index < -0.39 is 14.8 Å². The Hall–Kier alpha value is -0.683. The summed E-state index contributed by atoms with van der Waals surface area (Å²) in [5.74, 6) is 0.568. The van der Waals surface area contributed by atoms with Gasteiger partial charge in [-0.25, -0.2) is 0 Å². The van der Waals surface area contributed by atoms with Crippen LogP contribution in [-0.4, -0.2) is 78.9 Å². The number of nitrogens with zero attached hydrogens (tertiary/aromatic N) is 2. The van der Waals surface area contributed by atoms with Gasteiger partial charge in [-0.15, -0.1) is 0 Å². The molecule has 0 aliphatic heterocycles. The minimum Gasteiger partial charge on any atom is -0.374 e. The predicted molar refractivity (Wildman–Crippen MR) is 213 cm³/mol. The predicted octanol–water partition coefficient (Wildman–Crippen LogP) is 11.5. The van der Waals surface area contributed by atoms with Crippen molar-refractivity contribution in [3.05, 3.63) is 0 Å². The molecular weight excluding hydrogens is 633 g/mol. The number of ether oxygens (including phenoxy) is 3. The van der Waals surface area contributed by atoms with Crippen LogP contribution < -0.4 is 0 Å². The summed E-state index contributed by atoms with van der Waals surface area (Å²) in [6.45, 7) is 30.8. The van der Waals surface area contributed by atoms with E-state index in [0.29, 0.717) is 45.6 Å². The Bertz CT molecular complexity index is 744. The molecular formula is C40H84N2O6Si. The quantitative estimate of drug-likeness (QED) is 0.0291. The highest BCUT2D eigenvalue weighted by atomic mass is 28.4. The highest BCUT2D eigenvalue weighted by molar-refractivity contribution is 6.60. The Morgan fingerprint density at radius 3 is 1.18 bits per heavy atom. The Balaban J connectivity index is 0. The van der Waals surface area contributed by atoms with Gasteiger partial charge in [-0.05, 0) is 99.3 Å². The van der Waals surface area contributed by atoms with Crippen molar-refractivity contribution in [2.75, 3.05) is 52.7 Å². The summed E-state index contributed by atoms with van der Waals surface area (Å²) in [7, 11) is -2.47. The highest BCUT2D eigenvalue weighted by Crippen LogP contribution is 2.24. The zero-order chi connectivity index (χ0) is 37.2. The van der Waals surface area contributed by atoms with Crippen LogP contribution in [0.1, 0.15) is 173 Å². The molecule has 0 N–H and O–H groups in total. The monoisotopic (exact) mass is 717 g/mol. The number of unbranched alkanes of at least 4 members (excludes halogenated alkanes) is 9. The van der Waals surface area contributed by atoms with Crippen molar-refractivity contribution >= 4 is 20.2 Å². The van der Waals surface area contributed by atoms with Crippen LogP contribution >= 0.6 is 0 Å². The molecule has 0 aliphatic rings. The zero-order valence-electron chi connectivity index (χ0n) is 34.8. The minimum atomic E-state index is -2.47. The largest absolute Gasteiger partial charge is 0.500 e. The molecule has 0 aromatic rings. The van der Waals surface area contributed by atoms with Gasteiger partial charge in [0.25, 0.3) is 5.97 Å². The molecule has 0 radical (unpaired) electrons. The molecule has 0 aliphatic carbocycles. The molecule has 0 amide bonds. The summed E-state index contributed by atoms with van der Waals surface area (Å²) < 4.78 is 34.8. The van der Waals surface area contributed by atoms with E-state index >= 15 is 0 Å². The van der Waals surface area contributed by atoms with Gasteiger partial charge in [0.05, 0.1) is 0 Å². The smallest absolute Gasteiger partial charge is 0.374 e. The topological polar surface area (TPSA) is 80.1 Å². The molecule has 0 fully saturated rings. The van der Waals surface area contributed by atoms with Gasteiger partial charge in [-0.1, -0.05) is 79.1 Å². The van der Waals surface area contributed by atoms with E-state index in [2.05, 4.69) is 51.5 Å². The summed E-state index contributed by atoms with van der Waals surface area (Å²) in [5, 5.41) is 0. The summed E-state index contributed by atoms with van der Waals surface area (Å²) in [4.78, 5) is 9.30. The average Bonchev–Trinajstić information content (AvgIpc) is 3.02. The van der Waals surface area contributed by atoms with E-state index in [1.54, 1.807) is 0 Å². The molecule has 0 bridgehead atoms. The Morgan fingerprint density at radius 1 is 0.490 bits per heavy atom. The van der Waals surface area contributed by atoms with Crippen LogP contribution in [0.5, 0.6) is 0 Å². The normalized spacial score (nSPS) is 13.0. The summed E-state index contributed by atoms with van der Waals surface area (Å²) in [6.07, 6.45) is 17.0. The number of hydrogen-bond acceptors (Lipinski definition) is 8. The first-order valence-electron chi connectivity index (χ1n) is 20.3. The number of aliphatic imine (C=N–C) groups is 2. The molecule has 49 heavy (non-hydrogen) atoms. The second kappa shape index (κ2) is 34.4. The molecule has 0 heterocycles. The molecule has 0 unspecified atom stereocenters. The van der Waals surface area contributed by atoms with Crippen molar-refractivity contribution in [2.45, 2.75) is 185 Å². The van der Waals surface area contributed by atoms with Gasteiger partial charge < -0.3 is 27.5 Å². The summed E-state index contributed by atoms with van der Waals surface area (Å²) >= 11 is 0. The zero-order valence-corrected chi connectivity index (χ0v) is 35.8. The van der Waals surface area contributed by atoms with Crippen LogP contribution in [0, 0.1) is 11.8 Å². The Labute approximate surface area is 306 Å². The van der Waals surface area contributed by atoms with E-state index in [9.17, 15) is 0 Å². The van der Waals surface area contributed by atoms with E-state index in [1.165, 1.54) is 69.2 Å². The first-order valence-corrected chi connectivity index (χ1v) is 22.3. The van der Waals surface area contributed by atoms with E-state index in [4.69, 9.17) is 27.5 Å². The average molecular weight is 717 g/mol. The lowest BCUT2D eigenvalue weighted by Crippen LogP contribution is -2.46. The standard InChI is InChI=1S/C25H51NO3.C15H33NO3Si/c1-7-27-25(28-8-2,29-9-3)20-18-16-14-12-10-11-13-15-17-19-21-26-24(6)22-23(4)5;1-7-17-20(18-8-2,19-9-3)12-10-11-16-15(6)13-14(4)5/h23H,7-22H2,1-6H3;14H,7-13H2,1-6H3. The third-order valence-corrected chi connectivity index (χ3v) is 11.0. The van der Waals surface area contributed by atoms with Crippen molar-refractivity contribution in [1.82, 2.24) is 0 Å². The van der Waals surface area contributed by atoms with Crippen LogP contribution in [0.2, 0.25) is 6.04 Å². The molecule has 0 aromatic heterocycles. The molecule has 0 spiro atoms. The van der Waals surface area contributed by atoms with Crippen LogP contribution in [0.3, 0.4) is 0 Å². The van der Waals surface area contributed by atoms with Gasteiger partial charge in [0, 0.05) is 76.6 Å². The van der Waals surface area contributed by atoms with Crippen LogP contribution in [-0.2, 0) is 27.5 Å². The minimum absolute atomic E-state index is 0.615. The molecule has 0 saturated carbocycles. The Kier molecular flexibility index (Phi) is 35.4. The lowest BCUT2D eigenvalue weighted by atomic mass is 10.1. The molecule has 294 valence electrons. The van der Waals surface area contributed by atoms with Crippen molar-refractivity contribution in [2.24, 2.45) is 21.8 Å². The third-order valence-electron chi connectivity index (χ3n) is 7.89. The van der Waals surface area contributed by atoms with Crippen LogP contribution in [0.25, 0.3) is 0 Å². The van der Waals surface area contributed by atoms with Crippen molar-refractivity contribution in [1.29, 1.82) is 0 Å². The summed E-state index contributed by atoms with van der Waals surface area (Å²) in [6, 6.07) is 0.848. The van der Waals surface area contributed by atoms with Gasteiger partial charge in [0.1, 0.15) is 0 Å². The lowest BCUT2D eigenvalue weighted by molar-refractivity contribution is -0.380. The fourth-order valence-electron chi connectivity index (χ4n) is 6.02. The molecule has 0 saturated heterocycles. The van der Waals surface area contributed by atoms with E-state index in [-0.39, 0.29) is 0 Å². The first kappa shape index (κ1) is 50.4. The van der Waals surface area contributed by atoms with E-state index in [0.717, 1.165) is 57.2 Å². The van der Waals surface area contributed by atoms with Crippen molar-refractivity contribution in [3.8, 4) is 0 Å². The Morgan fingerprint density at radius 2 is 0.837 bits per heavy atom. The number of rotatable bonds is 33. The first-order chi connectivity index (χ1) is 23.5. The molecule has 9 heteroatoms. The van der Waals surface area contributed by atoms with Crippen molar-refractivity contribution in [3.63, 3.8) is 0 Å². The van der Waals surface area contributed by atoms with Gasteiger partial charge in [0.2, 0.25) is 0 Å². The van der Waals surface area contributed by atoms with Gasteiger partial charge in [-0.3, -0.25) is 9.98 Å². The molecule has 0 aromatic carbocycles. The maximum absolute atomic E-state index is 5.83.